The summed E-state index contributed by atoms with van der Waals surface area (Å²) in [6.45, 7) is 11.2. The van der Waals surface area contributed by atoms with E-state index in [0.29, 0.717) is 6.04 Å². The van der Waals surface area contributed by atoms with Gasteiger partial charge in [-0.05, 0) is 31.1 Å². The second-order valence-corrected chi connectivity index (χ2v) is 6.10. The van der Waals surface area contributed by atoms with Crippen LogP contribution in [0.3, 0.4) is 0 Å². The molecule has 1 unspecified atom stereocenters. The number of piperazine rings is 1. The van der Waals surface area contributed by atoms with Gasteiger partial charge in [-0.2, -0.15) is 0 Å². The van der Waals surface area contributed by atoms with Crippen LogP contribution in [0.5, 0.6) is 0 Å². The lowest BCUT2D eigenvalue weighted by Crippen LogP contribution is -2.51. The maximum absolute atomic E-state index is 5.71. The van der Waals surface area contributed by atoms with Gasteiger partial charge in [0.25, 0.3) is 0 Å². The molecule has 2 aliphatic rings. The molecule has 2 fully saturated rings. The Bertz CT molecular complexity index is 216. The van der Waals surface area contributed by atoms with Crippen molar-refractivity contribution in [2.24, 2.45) is 11.8 Å². The van der Waals surface area contributed by atoms with Crippen molar-refractivity contribution >= 4 is 0 Å². The number of rotatable bonds is 7. The molecule has 1 saturated heterocycles. The Morgan fingerprint density at radius 2 is 2.18 bits per heavy atom. The van der Waals surface area contributed by atoms with Crippen molar-refractivity contribution in [3.05, 3.63) is 0 Å². The van der Waals surface area contributed by atoms with Crippen LogP contribution in [-0.2, 0) is 4.74 Å². The Kier molecular flexibility index (Phi) is 5.26. The summed E-state index contributed by atoms with van der Waals surface area (Å²) in [7, 11) is 0. The van der Waals surface area contributed by atoms with Gasteiger partial charge in [-0.3, -0.25) is 4.90 Å². The molecule has 1 atom stereocenters. The van der Waals surface area contributed by atoms with Gasteiger partial charge in [-0.25, -0.2) is 0 Å². The molecule has 0 aromatic rings. The number of hydrogen-bond donors (Lipinski definition) is 1. The number of nitrogens with zero attached hydrogens (tertiary/aromatic N) is 1. The molecule has 2 rings (SSSR count). The third-order valence-corrected chi connectivity index (χ3v) is 3.70. The maximum Gasteiger partial charge on any atom is 0.0593 e. The van der Waals surface area contributed by atoms with Gasteiger partial charge in [0.05, 0.1) is 6.61 Å². The molecule has 100 valence electrons. The number of ether oxygens (including phenoxy) is 1. The van der Waals surface area contributed by atoms with Gasteiger partial charge in [0.2, 0.25) is 0 Å². The molecule has 0 aromatic heterocycles. The van der Waals surface area contributed by atoms with Crippen LogP contribution in [0.1, 0.15) is 33.1 Å². The van der Waals surface area contributed by atoms with Crippen molar-refractivity contribution in [2.75, 3.05) is 39.4 Å². The zero-order valence-corrected chi connectivity index (χ0v) is 11.5. The lowest BCUT2D eigenvalue weighted by atomic mass is 10.0. The monoisotopic (exact) mass is 240 g/mol. The van der Waals surface area contributed by atoms with Crippen molar-refractivity contribution in [3.8, 4) is 0 Å². The third kappa shape index (κ3) is 5.36. The zero-order chi connectivity index (χ0) is 12.1. The fourth-order valence-electron chi connectivity index (χ4n) is 2.55. The molecular weight excluding hydrogens is 212 g/mol. The van der Waals surface area contributed by atoms with Crippen LogP contribution in [0.4, 0.5) is 0 Å². The molecule has 0 radical (unpaired) electrons. The molecule has 1 N–H and O–H groups in total. The Morgan fingerprint density at radius 3 is 2.88 bits per heavy atom. The predicted octanol–water partition coefficient (Wildman–Crippen LogP) is 1.73. The molecule has 1 heterocycles. The van der Waals surface area contributed by atoms with Gasteiger partial charge in [0.15, 0.2) is 0 Å². The highest BCUT2D eigenvalue weighted by molar-refractivity contribution is 4.79. The van der Waals surface area contributed by atoms with Crippen molar-refractivity contribution in [2.45, 2.75) is 39.2 Å². The number of nitrogens with one attached hydrogen (secondary N) is 1. The Morgan fingerprint density at radius 1 is 1.35 bits per heavy atom. The van der Waals surface area contributed by atoms with Crippen LogP contribution in [0, 0.1) is 11.8 Å². The molecule has 3 heteroatoms. The van der Waals surface area contributed by atoms with E-state index in [1.54, 1.807) is 0 Å². The lowest BCUT2D eigenvalue weighted by Gasteiger charge is -2.34. The van der Waals surface area contributed by atoms with Crippen LogP contribution in [0.2, 0.25) is 0 Å². The lowest BCUT2D eigenvalue weighted by molar-refractivity contribution is 0.0837. The highest BCUT2D eigenvalue weighted by atomic mass is 16.5. The normalized spacial score (nSPS) is 26.6. The fourth-order valence-corrected chi connectivity index (χ4v) is 2.55. The van der Waals surface area contributed by atoms with Crippen LogP contribution in [-0.4, -0.2) is 50.3 Å². The van der Waals surface area contributed by atoms with Gasteiger partial charge < -0.3 is 10.1 Å². The summed E-state index contributed by atoms with van der Waals surface area (Å²) in [6.07, 6.45) is 4.08. The molecule has 0 aromatic carbocycles. The van der Waals surface area contributed by atoms with Gasteiger partial charge in [0.1, 0.15) is 0 Å². The van der Waals surface area contributed by atoms with Crippen LogP contribution >= 0.6 is 0 Å². The van der Waals surface area contributed by atoms with E-state index < -0.39 is 0 Å². The van der Waals surface area contributed by atoms with Crippen molar-refractivity contribution in [3.63, 3.8) is 0 Å². The van der Waals surface area contributed by atoms with E-state index in [1.807, 2.05) is 0 Å². The SMILES string of the molecule is CC(C)CC1CN(CCOCC2CC2)CCN1. The summed E-state index contributed by atoms with van der Waals surface area (Å²) in [5, 5.41) is 3.62. The van der Waals surface area contributed by atoms with E-state index in [0.717, 1.165) is 38.1 Å². The predicted molar refractivity (Wildman–Crippen MR) is 71.2 cm³/mol. The molecule has 1 aliphatic heterocycles. The van der Waals surface area contributed by atoms with Crippen LogP contribution < -0.4 is 5.32 Å². The summed E-state index contributed by atoms with van der Waals surface area (Å²) >= 11 is 0. The van der Waals surface area contributed by atoms with Gasteiger partial charge in [0, 0.05) is 38.8 Å². The molecule has 1 aliphatic carbocycles. The maximum atomic E-state index is 5.71. The minimum atomic E-state index is 0.687. The Labute approximate surface area is 106 Å². The second kappa shape index (κ2) is 6.72. The minimum Gasteiger partial charge on any atom is -0.380 e. The van der Waals surface area contributed by atoms with Gasteiger partial charge in [-0.15, -0.1) is 0 Å². The molecule has 17 heavy (non-hydrogen) atoms. The van der Waals surface area contributed by atoms with Crippen molar-refractivity contribution in [1.82, 2.24) is 10.2 Å². The summed E-state index contributed by atoms with van der Waals surface area (Å²) < 4.78 is 5.71. The molecule has 3 nitrogen and oxygen atoms in total. The third-order valence-electron chi connectivity index (χ3n) is 3.70. The highest BCUT2D eigenvalue weighted by Crippen LogP contribution is 2.28. The van der Waals surface area contributed by atoms with E-state index in [9.17, 15) is 0 Å². The average Bonchev–Trinajstić information content (AvgIpc) is 3.08. The second-order valence-electron chi connectivity index (χ2n) is 6.10. The molecule has 1 saturated carbocycles. The first-order valence-electron chi connectivity index (χ1n) is 7.27. The Hall–Kier alpha value is -0.120. The first kappa shape index (κ1) is 13.3. The van der Waals surface area contributed by atoms with E-state index in [2.05, 4.69) is 24.1 Å². The largest absolute Gasteiger partial charge is 0.380 e. The highest BCUT2D eigenvalue weighted by Gasteiger charge is 2.22. The van der Waals surface area contributed by atoms with Crippen LogP contribution in [0.15, 0.2) is 0 Å². The van der Waals surface area contributed by atoms with E-state index in [4.69, 9.17) is 4.74 Å². The summed E-state index contributed by atoms with van der Waals surface area (Å²) in [4.78, 5) is 2.55. The van der Waals surface area contributed by atoms with E-state index in [-0.39, 0.29) is 0 Å². The minimum absolute atomic E-state index is 0.687. The molecule has 0 bridgehead atoms. The van der Waals surface area contributed by atoms with E-state index >= 15 is 0 Å². The van der Waals surface area contributed by atoms with E-state index in [1.165, 1.54) is 32.4 Å². The first-order valence-corrected chi connectivity index (χ1v) is 7.27. The Balaban J connectivity index is 1.55. The standard InChI is InChI=1S/C14H28N2O/c1-12(2)9-14-10-16(6-5-15-14)7-8-17-11-13-3-4-13/h12-15H,3-11H2,1-2H3. The smallest absolute Gasteiger partial charge is 0.0593 e. The van der Waals surface area contributed by atoms with Gasteiger partial charge in [-0.1, -0.05) is 13.8 Å². The van der Waals surface area contributed by atoms with Gasteiger partial charge >= 0.3 is 0 Å². The topological polar surface area (TPSA) is 24.5 Å². The van der Waals surface area contributed by atoms with Crippen molar-refractivity contribution < 1.29 is 4.74 Å². The molecule has 0 spiro atoms. The van der Waals surface area contributed by atoms with Crippen LogP contribution in [0.25, 0.3) is 0 Å². The van der Waals surface area contributed by atoms with Crippen molar-refractivity contribution in [1.29, 1.82) is 0 Å². The number of hydrogen-bond acceptors (Lipinski definition) is 3. The fraction of sp³-hybridized carbons (Fsp3) is 1.00. The first-order chi connectivity index (χ1) is 8.24. The molecular formula is C14H28N2O. The zero-order valence-electron chi connectivity index (χ0n) is 11.5. The summed E-state index contributed by atoms with van der Waals surface area (Å²) in [5.41, 5.74) is 0. The summed E-state index contributed by atoms with van der Waals surface area (Å²) in [6, 6.07) is 0.687. The molecule has 0 amide bonds. The summed E-state index contributed by atoms with van der Waals surface area (Å²) in [5.74, 6) is 1.69. The average molecular weight is 240 g/mol. The quantitative estimate of drug-likeness (QED) is 0.686.